The molecule has 0 aliphatic carbocycles. The first-order valence-corrected chi connectivity index (χ1v) is 7.32. The van der Waals surface area contributed by atoms with Gasteiger partial charge in [-0.15, -0.1) is 0 Å². The molecule has 1 N–H and O–H groups in total. The number of halogens is 1. The van der Waals surface area contributed by atoms with Crippen LogP contribution in [-0.4, -0.2) is 48.3 Å². The molecule has 2 aliphatic heterocycles. The first kappa shape index (κ1) is 12.4. The van der Waals surface area contributed by atoms with Gasteiger partial charge in [-0.2, -0.15) is 0 Å². The molecule has 4 nitrogen and oxygen atoms in total. The summed E-state index contributed by atoms with van der Waals surface area (Å²) in [5.41, 5.74) is 0. The Balaban J connectivity index is 1.51. The zero-order valence-electron chi connectivity index (χ0n) is 10.3. The van der Waals surface area contributed by atoms with Crippen LogP contribution < -0.4 is 5.32 Å². The minimum Gasteiger partial charge on any atom is -0.373 e. The summed E-state index contributed by atoms with van der Waals surface area (Å²) in [6, 6.07) is 6.56. The van der Waals surface area contributed by atoms with Crippen molar-refractivity contribution in [2.24, 2.45) is 0 Å². The molecule has 5 heteroatoms. The number of fused-ring (bicyclic) bond motifs is 1. The van der Waals surface area contributed by atoms with Crippen LogP contribution >= 0.6 is 15.9 Å². The number of rotatable bonds is 3. The molecule has 2 saturated heterocycles. The molecule has 1 aromatic heterocycles. The van der Waals surface area contributed by atoms with Crippen LogP contribution in [0.25, 0.3) is 0 Å². The summed E-state index contributed by atoms with van der Waals surface area (Å²) in [4.78, 5) is 6.92. The van der Waals surface area contributed by atoms with Gasteiger partial charge in [-0.25, -0.2) is 4.98 Å². The molecule has 18 heavy (non-hydrogen) atoms. The fraction of sp³-hybridized carbons (Fsp3) is 0.615. The summed E-state index contributed by atoms with van der Waals surface area (Å²) >= 11 is 3.37. The van der Waals surface area contributed by atoms with Crippen LogP contribution in [0.15, 0.2) is 22.8 Å². The maximum Gasteiger partial charge on any atom is 0.127 e. The van der Waals surface area contributed by atoms with E-state index in [2.05, 4.69) is 31.1 Å². The highest BCUT2D eigenvalue weighted by Gasteiger charge is 2.31. The second kappa shape index (κ2) is 5.55. The standard InChI is InChI=1S/C13H18BrN3O/c14-12-4-1-5-13(16-12)15-7-11-8-17-6-2-3-10(17)9-18-11/h1,4-5,10-11H,2-3,6-9H2,(H,15,16). The quantitative estimate of drug-likeness (QED) is 0.868. The van der Waals surface area contributed by atoms with Gasteiger partial charge in [0, 0.05) is 19.1 Å². The number of anilines is 1. The van der Waals surface area contributed by atoms with Crippen LogP contribution in [0.4, 0.5) is 5.82 Å². The van der Waals surface area contributed by atoms with Gasteiger partial charge in [-0.1, -0.05) is 6.07 Å². The molecular weight excluding hydrogens is 294 g/mol. The predicted octanol–water partition coefficient (Wildman–Crippen LogP) is 2.12. The first-order chi connectivity index (χ1) is 8.81. The van der Waals surface area contributed by atoms with Gasteiger partial charge >= 0.3 is 0 Å². The van der Waals surface area contributed by atoms with Crippen LogP contribution in [0, 0.1) is 0 Å². The first-order valence-electron chi connectivity index (χ1n) is 6.53. The van der Waals surface area contributed by atoms with Crippen LogP contribution in [0.5, 0.6) is 0 Å². The van der Waals surface area contributed by atoms with E-state index in [9.17, 15) is 0 Å². The van der Waals surface area contributed by atoms with Crippen molar-refractivity contribution in [3.8, 4) is 0 Å². The molecule has 2 unspecified atom stereocenters. The van der Waals surface area contributed by atoms with E-state index in [0.717, 1.165) is 30.1 Å². The molecule has 0 saturated carbocycles. The van der Waals surface area contributed by atoms with E-state index in [1.807, 2.05) is 18.2 Å². The second-order valence-corrected chi connectivity index (χ2v) is 5.79. The molecule has 2 atom stereocenters. The van der Waals surface area contributed by atoms with Gasteiger partial charge in [0.05, 0.1) is 12.7 Å². The molecule has 2 fully saturated rings. The smallest absolute Gasteiger partial charge is 0.127 e. The number of ether oxygens (including phenoxy) is 1. The largest absolute Gasteiger partial charge is 0.373 e. The fourth-order valence-corrected chi connectivity index (χ4v) is 3.08. The lowest BCUT2D eigenvalue weighted by Crippen LogP contribution is -2.48. The lowest BCUT2D eigenvalue weighted by molar-refractivity contribution is -0.0416. The van der Waals surface area contributed by atoms with E-state index in [0.29, 0.717) is 6.04 Å². The molecule has 1 aromatic rings. The van der Waals surface area contributed by atoms with E-state index in [1.54, 1.807) is 0 Å². The average molecular weight is 312 g/mol. The van der Waals surface area contributed by atoms with E-state index >= 15 is 0 Å². The molecular formula is C13H18BrN3O. The van der Waals surface area contributed by atoms with Crippen molar-refractivity contribution >= 4 is 21.7 Å². The molecule has 2 aliphatic rings. The summed E-state index contributed by atoms with van der Waals surface area (Å²) in [6.45, 7) is 4.00. The fourth-order valence-electron chi connectivity index (χ4n) is 2.73. The lowest BCUT2D eigenvalue weighted by Gasteiger charge is -2.35. The highest BCUT2D eigenvalue weighted by atomic mass is 79.9. The molecule has 3 rings (SSSR count). The Hall–Kier alpha value is -0.650. The molecule has 3 heterocycles. The highest BCUT2D eigenvalue weighted by molar-refractivity contribution is 9.10. The summed E-state index contributed by atoms with van der Waals surface area (Å²) in [5, 5.41) is 3.34. The molecule has 0 aromatic carbocycles. The number of nitrogens with zero attached hydrogens (tertiary/aromatic N) is 2. The van der Waals surface area contributed by atoms with Crippen LogP contribution in [0.3, 0.4) is 0 Å². The minimum atomic E-state index is 0.278. The van der Waals surface area contributed by atoms with Gasteiger partial charge in [0.15, 0.2) is 0 Å². The monoisotopic (exact) mass is 311 g/mol. The number of hydrogen-bond donors (Lipinski definition) is 1. The maximum absolute atomic E-state index is 5.90. The Morgan fingerprint density at radius 1 is 1.50 bits per heavy atom. The third-order valence-corrected chi connectivity index (χ3v) is 4.13. The van der Waals surface area contributed by atoms with Crippen LogP contribution in [0.1, 0.15) is 12.8 Å². The Morgan fingerprint density at radius 2 is 2.44 bits per heavy atom. The number of nitrogens with one attached hydrogen (secondary N) is 1. The second-order valence-electron chi connectivity index (χ2n) is 4.97. The predicted molar refractivity (Wildman–Crippen MR) is 74.8 cm³/mol. The van der Waals surface area contributed by atoms with Gasteiger partial charge in [-0.3, -0.25) is 4.90 Å². The lowest BCUT2D eigenvalue weighted by atomic mass is 10.2. The van der Waals surface area contributed by atoms with Crippen LogP contribution in [0.2, 0.25) is 0 Å². The number of pyridine rings is 1. The van der Waals surface area contributed by atoms with Crippen molar-refractivity contribution in [3.05, 3.63) is 22.8 Å². The maximum atomic E-state index is 5.90. The van der Waals surface area contributed by atoms with E-state index in [-0.39, 0.29) is 6.10 Å². The molecule has 98 valence electrons. The minimum absolute atomic E-state index is 0.278. The Morgan fingerprint density at radius 3 is 3.33 bits per heavy atom. The van der Waals surface area contributed by atoms with E-state index in [4.69, 9.17) is 4.74 Å². The number of hydrogen-bond acceptors (Lipinski definition) is 4. The van der Waals surface area contributed by atoms with Gasteiger partial charge in [0.1, 0.15) is 10.4 Å². The Bertz CT molecular complexity index is 415. The van der Waals surface area contributed by atoms with E-state index < -0.39 is 0 Å². The van der Waals surface area contributed by atoms with Gasteiger partial charge in [0.25, 0.3) is 0 Å². The Kier molecular flexibility index (Phi) is 3.82. The van der Waals surface area contributed by atoms with Crippen molar-refractivity contribution in [1.82, 2.24) is 9.88 Å². The molecule has 0 radical (unpaired) electrons. The third-order valence-electron chi connectivity index (χ3n) is 3.69. The van der Waals surface area contributed by atoms with Crippen molar-refractivity contribution < 1.29 is 4.74 Å². The topological polar surface area (TPSA) is 37.4 Å². The summed E-state index contributed by atoms with van der Waals surface area (Å²) < 4.78 is 6.76. The molecule has 0 bridgehead atoms. The van der Waals surface area contributed by atoms with Gasteiger partial charge in [-0.05, 0) is 47.4 Å². The summed E-state index contributed by atoms with van der Waals surface area (Å²) in [5.74, 6) is 0.900. The SMILES string of the molecule is Brc1cccc(NCC2CN3CCCC3CO2)n1. The zero-order chi connectivity index (χ0) is 12.4. The third kappa shape index (κ3) is 2.84. The van der Waals surface area contributed by atoms with Crippen molar-refractivity contribution in [2.75, 3.05) is 31.6 Å². The molecule has 0 spiro atoms. The molecule has 0 amide bonds. The van der Waals surface area contributed by atoms with Crippen molar-refractivity contribution in [2.45, 2.75) is 25.0 Å². The van der Waals surface area contributed by atoms with E-state index in [1.165, 1.54) is 19.4 Å². The van der Waals surface area contributed by atoms with Gasteiger partial charge < -0.3 is 10.1 Å². The Labute approximate surface area is 116 Å². The van der Waals surface area contributed by atoms with Crippen molar-refractivity contribution in [1.29, 1.82) is 0 Å². The summed E-state index contributed by atoms with van der Waals surface area (Å²) in [6.07, 6.45) is 2.90. The number of morpholine rings is 1. The zero-order valence-corrected chi connectivity index (χ0v) is 11.9. The average Bonchev–Trinajstić information content (AvgIpc) is 2.84. The normalized spacial score (nSPS) is 28.1. The van der Waals surface area contributed by atoms with Crippen LogP contribution in [-0.2, 0) is 4.74 Å². The summed E-state index contributed by atoms with van der Waals surface area (Å²) in [7, 11) is 0. The van der Waals surface area contributed by atoms with Crippen molar-refractivity contribution in [3.63, 3.8) is 0 Å². The number of aromatic nitrogens is 1. The van der Waals surface area contributed by atoms with Gasteiger partial charge in [0.2, 0.25) is 0 Å². The highest BCUT2D eigenvalue weighted by Crippen LogP contribution is 2.22.